The number of aromatic nitrogens is 1. The number of hydrogen-bond donors (Lipinski definition) is 2. The lowest BCUT2D eigenvalue weighted by Gasteiger charge is -2.07. The number of nitrogens with zero attached hydrogens (tertiary/aromatic N) is 2. The molecule has 9 heteroatoms. The van der Waals surface area contributed by atoms with Crippen molar-refractivity contribution in [3.8, 4) is 0 Å². The van der Waals surface area contributed by atoms with E-state index in [2.05, 4.69) is 20.2 Å². The molecule has 8 nitrogen and oxygen atoms in total. The van der Waals surface area contributed by atoms with Crippen molar-refractivity contribution >= 4 is 32.5 Å². The molecule has 2 aromatic carbocycles. The second kappa shape index (κ2) is 9.13. The Balaban J connectivity index is 1.42. The SMILES string of the molecule is C/C(=N\NC(=O)c1ccc2ccccc2n1)c1ccc(S(=O)(=O)NCc2ccco2)cc1. The minimum Gasteiger partial charge on any atom is -0.468 e. The van der Waals surface area contributed by atoms with Crippen LogP contribution in [0.15, 0.2) is 93.5 Å². The molecule has 0 saturated carbocycles. The lowest BCUT2D eigenvalue weighted by molar-refractivity contribution is 0.0950. The molecule has 0 aliphatic carbocycles. The van der Waals surface area contributed by atoms with Crippen LogP contribution in [0.1, 0.15) is 28.7 Å². The van der Waals surface area contributed by atoms with E-state index in [-0.39, 0.29) is 17.1 Å². The van der Waals surface area contributed by atoms with Crippen molar-refractivity contribution in [2.75, 3.05) is 0 Å². The van der Waals surface area contributed by atoms with Gasteiger partial charge in [-0.15, -0.1) is 0 Å². The van der Waals surface area contributed by atoms with Gasteiger partial charge in [0.05, 0.1) is 28.9 Å². The number of hydrazone groups is 1. The highest BCUT2D eigenvalue weighted by Crippen LogP contribution is 2.13. The number of benzene rings is 2. The van der Waals surface area contributed by atoms with Crippen LogP contribution in [0, 0.1) is 0 Å². The Labute approximate surface area is 185 Å². The predicted octanol–water partition coefficient (Wildman–Crippen LogP) is 3.46. The zero-order valence-electron chi connectivity index (χ0n) is 17.1. The van der Waals surface area contributed by atoms with Crippen LogP contribution < -0.4 is 10.1 Å². The van der Waals surface area contributed by atoms with Crippen LogP contribution in [0.3, 0.4) is 0 Å². The summed E-state index contributed by atoms with van der Waals surface area (Å²) in [6, 6.07) is 20.6. The van der Waals surface area contributed by atoms with Crippen molar-refractivity contribution in [1.29, 1.82) is 0 Å². The molecular formula is C23H20N4O4S. The van der Waals surface area contributed by atoms with Gasteiger partial charge in [0.1, 0.15) is 11.5 Å². The molecule has 1 amide bonds. The molecule has 2 heterocycles. The van der Waals surface area contributed by atoms with Gasteiger partial charge in [-0.3, -0.25) is 4.79 Å². The molecule has 32 heavy (non-hydrogen) atoms. The number of amides is 1. The van der Waals surface area contributed by atoms with Gasteiger partial charge in [-0.25, -0.2) is 23.5 Å². The van der Waals surface area contributed by atoms with Crippen LogP contribution in [0.25, 0.3) is 10.9 Å². The van der Waals surface area contributed by atoms with Crippen molar-refractivity contribution in [2.45, 2.75) is 18.4 Å². The Morgan fingerprint density at radius 1 is 1.00 bits per heavy atom. The molecule has 0 aliphatic heterocycles. The maximum Gasteiger partial charge on any atom is 0.289 e. The van der Waals surface area contributed by atoms with Gasteiger partial charge in [0.25, 0.3) is 5.91 Å². The van der Waals surface area contributed by atoms with E-state index in [1.165, 1.54) is 18.4 Å². The number of carbonyl (C=O) groups is 1. The second-order valence-corrected chi connectivity index (χ2v) is 8.72. The lowest BCUT2D eigenvalue weighted by atomic mass is 10.1. The summed E-state index contributed by atoms with van der Waals surface area (Å²) in [6.07, 6.45) is 1.48. The molecule has 0 radical (unpaired) electrons. The van der Waals surface area contributed by atoms with Crippen LogP contribution in [-0.4, -0.2) is 25.0 Å². The first-order chi connectivity index (χ1) is 15.4. The maximum absolute atomic E-state index is 12.4. The minimum absolute atomic E-state index is 0.0619. The quantitative estimate of drug-likeness (QED) is 0.332. The van der Waals surface area contributed by atoms with Gasteiger partial charge in [0.15, 0.2) is 0 Å². The van der Waals surface area contributed by atoms with Crippen molar-refractivity contribution in [3.05, 3.63) is 96.1 Å². The fourth-order valence-corrected chi connectivity index (χ4v) is 3.98. The number of rotatable bonds is 7. The Kier molecular flexibility index (Phi) is 6.11. The van der Waals surface area contributed by atoms with Crippen molar-refractivity contribution in [1.82, 2.24) is 15.1 Å². The molecule has 2 N–H and O–H groups in total. The molecular weight excluding hydrogens is 428 g/mol. The van der Waals surface area contributed by atoms with Crippen LogP contribution >= 0.6 is 0 Å². The lowest BCUT2D eigenvalue weighted by Crippen LogP contribution is -2.23. The van der Waals surface area contributed by atoms with Gasteiger partial charge in [0.2, 0.25) is 10.0 Å². The smallest absolute Gasteiger partial charge is 0.289 e. The first kappa shape index (κ1) is 21.4. The average Bonchev–Trinajstić information content (AvgIpc) is 3.35. The zero-order chi connectivity index (χ0) is 22.6. The zero-order valence-corrected chi connectivity index (χ0v) is 18.0. The maximum atomic E-state index is 12.4. The molecule has 2 aromatic heterocycles. The third kappa shape index (κ3) is 4.90. The van der Waals surface area contributed by atoms with Crippen molar-refractivity contribution in [2.24, 2.45) is 5.10 Å². The average molecular weight is 449 g/mol. The summed E-state index contributed by atoms with van der Waals surface area (Å²) in [5, 5.41) is 5.05. The molecule has 4 rings (SSSR count). The number of nitrogens with one attached hydrogen (secondary N) is 2. The molecule has 0 aliphatic rings. The Hall–Kier alpha value is -3.82. The van der Waals surface area contributed by atoms with Crippen LogP contribution in [0.2, 0.25) is 0 Å². The molecule has 0 spiro atoms. The summed E-state index contributed by atoms with van der Waals surface area (Å²) < 4.78 is 32.5. The molecule has 0 atom stereocenters. The predicted molar refractivity (Wildman–Crippen MR) is 121 cm³/mol. The number of pyridine rings is 1. The summed E-state index contributed by atoms with van der Waals surface area (Å²) in [5.74, 6) is 0.0845. The number of fused-ring (bicyclic) bond motifs is 1. The van der Waals surface area contributed by atoms with Crippen LogP contribution in [0.4, 0.5) is 0 Å². The summed E-state index contributed by atoms with van der Waals surface area (Å²) in [6.45, 7) is 1.78. The molecule has 0 bridgehead atoms. The first-order valence-corrected chi connectivity index (χ1v) is 11.2. The number of hydrogen-bond acceptors (Lipinski definition) is 6. The van der Waals surface area contributed by atoms with E-state index in [4.69, 9.17) is 4.42 Å². The van der Waals surface area contributed by atoms with E-state index in [1.807, 2.05) is 30.3 Å². The summed E-state index contributed by atoms with van der Waals surface area (Å²) in [5.41, 5.74) is 4.65. The molecule has 4 aromatic rings. The van der Waals surface area contributed by atoms with Gasteiger partial charge in [-0.1, -0.05) is 36.4 Å². The van der Waals surface area contributed by atoms with E-state index in [0.29, 0.717) is 17.0 Å². The third-order valence-electron chi connectivity index (χ3n) is 4.76. The fourth-order valence-electron chi connectivity index (χ4n) is 2.99. The Morgan fingerprint density at radius 2 is 1.78 bits per heavy atom. The summed E-state index contributed by atoms with van der Waals surface area (Å²) >= 11 is 0. The van der Waals surface area contributed by atoms with E-state index in [1.54, 1.807) is 37.3 Å². The Bertz CT molecular complexity index is 1380. The highest BCUT2D eigenvalue weighted by Gasteiger charge is 2.15. The van der Waals surface area contributed by atoms with Crippen molar-refractivity contribution in [3.63, 3.8) is 0 Å². The van der Waals surface area contributed by atoms with Gasteiger partial charge >= 0.3 is 0 Å². The van der Waals surface area contributed by atoms with Crippen LogP contribution in [0.5, 0.6) is 0 Å². The van der Waals surface area contributed by atoms with E-state index < -0.39 is 15.9 Å². The van der Waals surface area contributed by atoms with Crippen LogP contribution in [-0.2, 0) is 16.6 Å². The topological polar surface area (TPSA) is 114 Å². The highest BCUT2D eigenvalue weighted by atomic mass is 32.2. The molecule has 162 valence electrons. The van der Waals surface area contributed by atoms with E-state index in [9.17, 15) is 13.2 Å². The fraction of sp³-hybridized carbons (Fsp3) is 0.0870. The third-order valence-corrected chi connectivity index (χ3v) is 6.17. The van der Waals surface area contributed by atoms with Gasteiger partial charge in [-0.05, 0) is 48.9 Å². The monoisotopic (exact) mass is 448 g/mol. The molecule has 0 saturated heterocycles. The molecule has 0 unspecified atom stereocenters. The van der Waals surface area contributed by atoms with Gasteiger partial charge in [0, 0.05) is 5.39 Å². The van der Waals surface area contributed by atoms with E-state index in [0.717, 1.165) is 10.9 Å². The highest BCUT2D eigenvalue weighted by molar-refractivity contribution is 7.89. The standard InChI is InChI=1S/C23H20N4O4S/c1-16(26-27-23(28)22-13-10-18-5-2-3-7-21(18)25-22)17-8-11-20(12-9-17)32(29,30)24-15-19-6-4-14-31-19/h2-14,24H,15H2,1H3,(H,27,28)/b26-16+. The van der Waals surface area contributed by atoms with Crippen molar-refractivity contribution < 1.29 is 17.6 Å². The van der Waals surface area contributed by atoms with Gasteiger partial charge in [-0.2, -0.15) is 5.10 Å². The minimum atomic E-state index is -3.69. The first-order valence-electron chi connectivity index (χ1n) is 9.75. The summed E-state index contributed by atoms with van der Waals surface area (Å²) in [7, 11) is -3.69. The number of furan rings is 1. The Morgan fingerprint density at radius 3 is 2.53 bits per heavy atom. The normalized spacial score (nSPS) is 12.1. The molecule has 0 fully saturated rings. The van der Waals surface area contributed by atoms with E-state index >= 15 is 0 Å². The summed E-state index contributed by atoms with van der Waals surface area (Å²) in [4.78, 5) is 16.9. The number of carbonyl (C=O) groups excluding carboxylic acids is 1. The largest absolute Gasteiger partial charge is 0.468 e. The number of sulfonamides is 1. The second-order valence-electron chi connectivity index (χ2n) is 6.96. The number of para-hydroxylation sites is 1. The van der Waals surface area contributed by atoms with Gasteiger partial charge < -0.3 is 4.42 Å².